The van der Waals surface area contributed by atoms with E-state index in [1.165, 1.54) is 23.0 Å². The average Bonchev–Trinajstić information content (AvgIpc) is 2.70. The van der Waals surface area contributed by atoms with E-state index in [-0.39, 0.29) is 23.7 Å². The van der Waals surface area contributed by atoms with Crippen molar-refractivity contribution >= 4 is 11.7 Å². The largest absolute Gasteiger partial charge is 0.310 e. The molecule has 2 rings (SSSR count). The van der Waals surface area contributed by atoms with Crippen molar-refractivity contribution in [1.82, 2.24) is 9.78 Å². The summed E-state index contributed by atoms with van der Waals surface area (Å²) in [6.45, 7) is 0. The van der Waals surface area contributed by atoms with Crippen LogP contribution in [-0.4, -0.2) is 15.7 Å². The predicted molar refractivity (Wildman–Crippen MR) is 66.7 cm³/mol. The zero-order valence-electron chi connectivity index (χ0n) is 10.2. The summed E-state index contributed by atoms with van der Waals surface area (Å²) in [5.41, 5.74) is 0.855. The molecule has 1 heterocycles. The van der Waals surface area contributed by atoms with Crippen LogP contribution < -0.4 is 5.32 Å². The fourth-order valence-corrected chi connectivity index (χ4v) is 1.68. The van der Waals surface area contributed by atoms with Gasteiger partial charge in [-0.15, -0.1) is 0 Å². The summed E-state index contributed by atoms with van der Waals surface area (Å²) in [5, 5.41) is 15.3. The summed E-state index contributed by atoms with van der Waals surface area (Å²) in [7, 11) is 1.62. The molecule has 2 aromatic rings. The van der Waals surface area contributed by atoms with Crippen molar-refractivity contribution in [1.29, 1.82) is 5.26 Å². The number of halogens is 1. The highest BCUT2D eigenvalue weighted by Crippen LogP contribution is 2.13. The molecule has 96 valence electrons. The molecule has 0 saturated heterocycles. The van der Waals surface area contributed by atoms with Crippen LogP contribution in [0.2, 0.25) is 0 Å². The van der Waals surface area contributed by atoms with Crippen LogP contribution in [0.5, 0.6) is 0 Å². The van der Waals surface area contributed by atoms with Crippen molar-refractivity contribution in [2.75, 3.05) is 5.32 Å². The van der Waals surface area contributed by atoms with E-state index in [9.17, 15) is 9.18 Å². The number of anilines is 1. The molecule has 1 aromatic heterocycles. The van der Waals surface area contributed by atoms with E-state index in [4.69, 9.17) is 5.26 Å². The highest BCUT2D eigenvalue weighted by Gasteiger charge is 2.12. The molecule has 0 aliphatic rings. The highest BCUT2D eigenvalue weighted by molar-refractivity contribution is 5.92. The van der Waals surface area contributed by atoms with E-state index in [2.05, 4.69) is 10.4 Å². The number of hydrogen-bond acceptors (Lipinski definition) is 3. The maximum Gasteiger partial charge on any atom is 0.229 e. The minimum absolute atomic E-state index is 0.0355. The Morgan fingerprint density at radius 1 is 1.58 bits per heavy atom. The minimum atomic E-state index is -0.386. The number of hydrogen-bond donors (Lipinski definition) is 1. The molecule has 0 atom stereocenters. The molecule has 0 spiro atoms. The lowest BCUT2D eigenvalue weighted by atomic mass is 10.1. The molecule has 1 N–H and O–H groups in total. The average molecular weight is 258 g/mol. The summed E-state index contributed by atoms with van der Waals surface area (Å²) in [6, 6.07) is 7.76. The van der Waals surface area contributed by atoms with Gasteiger partial charge in [0.15, 0.2) is 0 Å². The fourth-order valence-electron chi connectivity index (χ4n) is 1.68. The summed E-state index contributed by atoms with van der Waals surface area (Å²) < 4.78 is 14.4. The Balaban J connectivity index is 2.10. The Kier molecular flexibility index (Phi) is 3.57. The first-order valence-corrected chi connectivity index (χ1v) is 5.56. The second-order valence-electron chi connectivity index (χ2n) is 4.00. The molecule has 1 amide bonds. The highest BCUT2D eigenvalue weighted by atomic mass is 19.1. The lowest BCUT2D eigenvalue weighted by Gasteiger charge is -2.06. The molecule has 6 heteroatoms. The molecule has 5 nitrogen and oxygen atoms in total. The minimum Gasteiger partial charge on any atom is -0.310 e. The third kappa shape index (κ3) is 2.96. The van der Waals surface area contributed by atoms with Gasteiger partial charge in [0.25, 0.3) is 0 Å². The number of aryl methyl sites for hydroxylation is 1. The number of nitrogens with one attached hydrogen (secondary N) is 1. The molecule has 0 bridgehead atoms. The molecule has 0 fully saturated rings. The predicted octanol–water partition coefficient (Wildman–Crippen LogP) is 1.61. The standard InChI is InChI=1S/C13H11FN4O/c1-18-13(10(7-15)8-16-18)17-12(19)6-9-3-2-4-11(14)5-9/h2-5,8H,6H2,1H3,(H,17,19). The number of amides is 1. The van der Waals surface area contributed by atoms with E-state index < -0.39 is 0 Å². The molecular weight excluding hydrogens is 247 g/mol. The Labute approximate surface area is 109 Å². The molecule has 0 aliphatic heterocycles. The van der Waals surface area contributed by atoms with Gasteiger partial charge in [-0.2, -0.15) is 10.4 Å². The summed E-state index contributed by atoms with van der Waals surface area (Å²) in [4.78, 5) is 11.8. The normalized spacial score (nSPS) is 9.95. The van der Waals surface area contributed by atoms with Crippen molar-refractivity contribution < 1.29 is 9.18 Å². The molecule has 0 radical (unpaired) electrons. The summed E-state index contributed by atoms with van der Waals surface area (Å²) in [5.74, 6) is -0.377. The van der Waals surface area contributed by atoms with Gasteiger partial charge >= 0.3 is 0 Å². The lowest BCUT2D eigenvalue weighted by Crippen LogP contribution is -2.17. The van der Waals surface area contributed by atoms with Gasteiger partial charge in [-0.25, -0.2) is 4.39 Å². The number of nitrogens with zero attached hydrogens (tertiary/aromatic N) is 3. The van der Waals surface area contributed by atoms with Crippen LogP contribution in [0.1, 0.15) is 11.1 Å². The van der Waals surface area contributed by atoms with Crippen molar-refractivity contribution in [3.8, 4) is 6.07 Å². The maximum atomic E-state index is 13.0. The number of benzene rings is 1. The lowest BCUT2D eigenvalue weighted by molar-refractivity contribution is -0.115. The van der Waals surface area contributed by atoms with Gasteiger partial charge in [0.2, 0.25) is 5.91 Å². The van der Waals surface area contributed by atoms with Crippen LogP contribution in [0.4, 0.5) is 10.2 Å². The first kappa shape index (κ1) is 12.8. The smallest absolute Gasteiger partial charge is 0.229 e. The molecule has 19 heavy (non-hydrogen) atoms. The monoisotopic (exact) mass is 258 g/mol. The van der Waals surface area contributed by atoms with Crippen molar-refractivity contribution in [2.45, 2.75) is 6.42 Å². The second-order valence-corrected chi connectivity index (χ2v) is 4.00. The number of nitriles is 1. The van der Waals surface area contributed by atoms with Gasteiger partial charge in [-0.1, -0.05) is 12.1 Å². The number of carbonyl (C=O) groups is 1. The third-order valence-corrected chi connectivity index (χ3v) is 2.57. The second kappa shape index (κ2) is 5.31. The van der Waals surface area contributed by atoms with Gasteiger partial charge in [0, 0.05) is 7.05 Å². The van der Waals surface area contributed by atoms with Gasteiger partial charge in [-0.05, 0) is 17.7 Å². The van der Waals surface area contributed by atoms with Crippen LogP contribution >= 0.6 is 0 Å². The number of rotatable bonds is 3. The fraction of sp³-hybridized carbons (Fsp3) is 0.154. The van der Waals surface area contributed by atoms with Crippen molar-refractivity contribution in [3.05, 3.63) is 47.4 Å². The maximum absolute atomic E-state index is 13.0. The van der Waals surface area contributed by atoms with Gasteiger partial charge in [0.1, 0.15) is 23.3 Å². The topological polar surface area (TPSA) is 70.7 Å². The van der Waals surface area contributed by atoms with Crippen LogP contribution in [0, 0.1) is 17.1 Å². The molecule has 0 saturated carbocycles. The Morgan fingerprint density at radius 3 is 3.05 bits per heavy atom. The summed E-state index contributed by atoms with van der Waals surface area (Å²) in [6.07, 6.45) is 1.41. The SMILES string of the molecule is Cn1ncc(C#N)c1NC(=O)Cc1cccc(F)c1. The van der Waals surface area contributed by atoms with Crippen LogP contribution in [0.15, 0.2) is 30.5 Å². The molecule has 0 aliphatic carbocycles. The number of carbonyl (C=O) groups excluding carboxylic acids is 1. The quantitative estimate of drug-likeness (QED) is 0.909. The first-order chi connectivity index (χ1) is 9.10. The van der Waals surface area contributed by atoms with Crippen molar-refractivity contribution in [3.63, 3.8) is 0 Å². The van der Waals surface area contributed by atoms with Gasteiger partial charge in [-0.3, -0.25) is 9.48 Å². The first-order valence-electron chi connectivity index (χ1n) is 5.56. The number of aromatic nitrogens is 2. The van der Waals surface area contributed by atoms with Crippen LogP contribution in [0.25, 0.3) is 0 Å². The van der Waals surface area contributed by atoms with E-state index in [1.54, 1.807) is 19.2 Å². The van der Waals surface area contributed by atoms with Crippen molar-refractivity contribution in [2.24, 2.45) is 7.05 Å². The zero-order valence-corrected chi connectivity index (χ0v) is 10.2. The van der Waals surface area contributed by atoms with Crippen LogP contribution in [-0.2, 0) is 18.3 Å². The molecule has 0 unspecified atom stereocenters. The molecule has 1 aromatic carbocycles. The Morgan fingerprint density at radius 2 is 2.37 bits per heavy atom. The Bertz CT molecular complexity index is 657. The van der Waals surface area contributed by atoms with Gasteiger partial charge < -0.3 is 5.32 Å². The van der Waals surface area contributed by atoms with Gasteiger partial charge in [0.05, 0.1) is 12.6 Å². The zero-order chi connectivity index (χ0) is 13.8. The van der Waals surface area contributed by atoms with E-state index >= 15 is 0 Å². The summed E-state index contributed by atoms with van der Waals surface area (Å²) >= 11 is 0. The van der Waals surface area contributed by atoms with E-state index in [0.717, 1.165) is 0 Å². The third-order valence-electron chi connectivity index (χ3n) is 2.57. The molecular formula is C13H11FN4O. The van der Waals surface area contributed by atoms with E-state index in [1.807, 2.05) is 6.07 Å². The van der Waals surface area contributed by atoms with Crippen LogP contribution in [0.3, 0.4) is 0 Å². The Hall–Kier alpha value is -2.68. The van der Waals surface area contributed by atoms with E-state index in [0.29, 0.717) is 11.4 Å².